The van der Waals surface area contributed by atoms with Gasteiger partial charge in [-0.05, 0) is 35.4 Å². The van der Waals surface area contributed by atoms with E-state index >= 15 is 0 Å². The monoisotopic (exact) mass is 233 g/mol. The van der Waals surface area contributed by atoms with Gasteiger partial charge >= 0.3 is 0 Å². The van der Waals surface area contributed by atoms with Gasteiger partial charge in [-0.3, -0.25) is 0 Å². The van der Waals surface area contributed by atoms with Crippen molar-refractivity contribution in [3.05, 3.63) is 71.3 Å². The number of nitrogens with one attached hydrogen (secondary N) is 1. The molecule has 0 radical (unpaired) electrons. The van der Waals surface area contributed by atoms with Crippen molar-refractivity contribution in [1.82, 2.24) is 5.32 Å². The molecule has 2 rings (SSSR count). The Morgan fingerprint density at radius 2 is 1.24 bits per heavy atom. The molecule has 0 bridgehead atoms. The SMILES string of the molecule is Fc1cccc(CNCc2cccc(F)c2)c1. The molecule has 17 heavy (non-hydrogen) atoms. The molecular formula is C14H13F2N. The first-order chi connectivity index (χ1) is 8.24. The number of rotatable bonds is 4. The van der Waals surface area contributed by atoms with Crippen molar-refractivity contribution in [3.63, 3.8) is 0 Å². The minimum atomic E-state index is -0.241. The predicted octanol–water partition coefficient (Wildman–Crippen LogP) is 3.25. The van der Waals surface area contributed by atoms with Gasteiger partial charge in [-0.15, -0.1) is 0 Å². The van der Waals surface area contributed by atoms with Gasteiger partial charge in [0.2, 0.25) is 0 Å². The van der Waals surface area contributed by atoms with Crippen LogP contribution in [0.2, 0.25) is 0 Å². The smallest absolute Gasteiger partial charge is 0.123 e. The average molecular weight is 233 g/mol. The normalized spacial score (nSPS) is 10.5. The summed E-state index contributed by atoms with van der Waals surface area (Å²) in [6.45, 7) is 1.13. The van der Waals surface area contributed by atoms with Crippen molar-refractivity contribution in [3.8, 4) is 0 Å². The Hall–Kier alpha value is -1.74. The van der Waals surface area contributed by atoms with E-state index in [9.17, 15) is 8.78 Å². The van der Waals surface area contributed by atoms with Gasteiger partial charge in [-0.1, -0.05) is 24.3 Å². The van der Waals surface area contributed by atoms with E-state index in [0.717, 1.165) is 11.1 Å². The summed E-state index contributed by atoms with van der Waals surface area (Å²) in [4.78, 5) is 0. The third-order valence-corrected chi connectivity index (χ3v) is 2.44. The summed E-state index contributed by atoms with van der Waals surface area (Å²) in [6.07, 6.45) is 0. The minimum Gasteiger partial charge on any atom is -0.309 e. The molecule has 0 heterocycles. The lowest BCUT2D eigenvalue weighted by atomic mass is 10.2. The van der Waals surface area contributed by atoms with Crippen molar-refractivity contribution < 1.29 is 8.78 Å². The fourth-order valence-corrected chi connectivity index (χ4v) is 1.65. The van der Waals surface area contributed by atoms with Crippen molar-refractivity contribution in [2.75, 3.05) is 0 Å². The molecule has 0 aliphatic heterocycles. The fraction of sp³-hybridized carbons (Fsp3) is 0.143. The molecule has 0 spiro atoms. The number of hydrogen-bond acceptors (Lipinski definition) is 1. The maximum atomic E-state index is 12.9. The van der Waals surface area contributed by atoms with Crippen LogP contribution in [0.3, 0.4) is 0 Å². The lowest BCUT2D eigenvalue weighted by Crippen LogP contribution is -2.12. The lowest BCUT2D eigenvalue weighted by Gasteiger charge is -2.05. The van der Waals surface area contributed by atoms with E-state index in [-0.39, 0.29) is 11.6 Å². The summed E-state index contributed by atoms with van der Waals surface area (Å²) >= 11 is 0. The van der Waals surface area contributed by atoms with Gasteiger partial charge in [0.15, 0.2) is 0 Å². The summed E-state index contributed by atoms with van der Waals surface area (Å²) in [6, 6.07) is 12.8. The largest absolute Gasteiger partial charge is 0.309 e. The molecule has 2 aromatic carbocycles. The third kappa shape index (κ3) is 3.64. The summed E-state index contributed by atoms with van der Waals surface area (Å²) in [5, 5.41) is 3.14. The average Bonchev–Trinajstić information content (AvgIpc) is 2.29. The van der Waals surface area contributed by atoms with Gasteiger partial charge in [0.05, 0.1) is 0 Å². The van der Waals surface area contributed by atoms with Crippen molar-refractivity contribution in [1.29, 1.82) is 0 Å². The topological polar surface area (TPSA) is 12.0 Å². The van der Waals surface area contributed by atoms with Gasteiger partial charge < -0.3 is 5.32 Å². The van der Waals surface area contributed by atoms with Crippen molar-refractivity contribution in [2.45, 2.75) is 13.1 Å². The third-order valence-electron chi connectivity index (χ3n) is 2.44. The highest BCUT2D eigenvalue weighted by Crippen LogP contribution is 2.05. The maximum Gasteiger partial charge on any atom is 0.123 e. The van der Waals surface area contributed by atoms with Crippen LogP contribution in [0.5, 0.6) is 0 Å². The summed E-state index contributed by atoms with van der Waals surface area (Å²) in [7, 11) is 0. The first-order valence-corrected chi connectivity index (χ1v) is 5.43. The first kappa shape index (κ1) is 11.7. The Morgan fingerprint density at radius 1 is 0.765 bits per heavy atom. The molecule has 0 aliphatic carbocycles. The molecule has 88 valence electrons. The van der Waals surface area contributed by atoms with Crippen LogP contribution in [0.25, 0.3) is 0 Å². The second-order valence-electron chi connectivity index (χ2n) is 3.86. The minimum absolute atomic E-state index is 0.241. The molecule has 0 saturated carbocycles. The zero-order chi connectivity index (χ0) is 12.1. The maximum absolute atomic E-state index is 12.9. The lowest BCUT2D eigenvalue weighted by molar-refractivity contribution is 0.615. The highest BCUT2D eigenvalue weighted by molar-refractivity contribution is 5.18. The highest BCUT2D eigenvalue weighted by Gasteiger charge is 1.97. The Labute approximate surface area is 99.1 Å². The van der Waals surface area contributed by atoms with Crippen molar-refractivity contribution >= 4 is 0 Å². The molecule has 0 unspecified atom stereocenters. The standard InChI is InChI=1S/C14H13F2N/c15-13-5-1-3-11(7-13)9-17-10-12-4-2-6-14(16)8-12/h1-8,17H,9-10H2. The zero-order valence-corrected chi connectivity index (χ0v) is 9.29. The van der Waals surface area contributed by atoms with Crippen LogP contribution in [0.1, 0.15) is 11.1 Å². The van der Waals surface area contributed by atoms with Gasteiger partial charge in [0, 0.05) is 13.1 Å². The zero-order valence-electron chi connectivity index (χ0n) is 9.29. The van der Waals surface area contributed by atoms with E-state index in [1.54, 1.807) is 12.1 Å². The molecule has 0 atom stereocenters. The molecular weight excluding hydrogens is 220 g/mol. The van der Waals surface area contributed by atoms with Gasteiger partial charge in [-0.2, -0.15) is 0 Å². The molecule has 0 amide bonds. The molecule has 3 heteroatoms. The van der Waals surface area contributed by atoms with Crippen LogP contribution in [0.4, 0.5) is 8.78 Å². The van der Waals surface area contributed by atoms with Gasteiger partial charge in [-0.25, -0.2) is 8.78 Å². The van der Waals surface area contributed by atoms with Crippen LogP contribution in [0.15, 0.2) is 48.5 Å². The van der Waals surface area contributed by atoms with E-state index in [1.165, 1.54) is 24.3 Å². The highest BCUT2D eigenvalue weighted by atomic mass is 19.1. The second-order valence-corrected chi connectivity index (χ2v) is 3.86. The first-order valence-electron chi connectivity index (χ1n) is 5.43. The number of halogens is 2. The summed E-state index contributed by atoms with van der Waals surface area (Å²) in [5.74, 6) is -0.481. The fourth-order valence-electron chi connectivity index (χ4n) is 1.65. The number of hydrogen-bond donors (Lipinski definition) is 1. The molecule has 1 nitrogen and oxygen atoms in total. The Balaban J connectivity index is 1.87. The molecule has 1 N–H and O–H groups in total. The van der Waals surface area contributed by atoms with Crippen LogP contribution in [-0.2, 0) is 13.1 Å². The van der Waals surface area contributed by atoms with E-state index in [1.807, 2.05) is 12.1 Å². The summed E-state index contributed by atoms with van der Waals surface area (Å²) in [5.41, 5.74) is 1.75. The van der Waals surface area contributed by atoms with E-state index in [2.05, 4.69) is 5.32 Å². The van der Waals surface area contributed by atoms with Crippen molar-refractivity contribution in [2.24, 2.45) is 0 Å². The number of benzene rings is 2. The van der Waals surface area contributed by atoms with E-state index < -0.39 is 0 Å². The molecule has 2 aromatic rings. The van der Waals surface area contributed by atoms with E-state index in [4.69, 9.17) is 0 Å². The quantitative estimate of drug-likeness (QED) is 0.854. The van der Waals surface area contributed by atoms with Crippen LogP contribution >= 0.6 is 0 Å². The van der Waals surface area contributed by atoms with Crippen LogP contribution in [-0.4, -0.2) is 0 Å². The molecule has 0 saturated heterocycles. The van der Waals surface area contributed by atoms with Gasteiger partial charge in [0.1, 0.15) is 11.6 Å². The second kappa shape index (κ2) is 5.55. The molecule has 0 aliphatic rings. The van der Waals surface area contributed by atoms with E-state index in [0.29, 0.717) is 13.1 Å². The Morgan fingerprint density at radius 3 is 1.65 bits per heavy atom. The molecule has 0 fully saturated rings. The predicted molar refractivity (Wildman–Crippen MR) is 63.3 cm³/mol. The summed E-state index contributed by atoms with van der Waals surface area (Å²) < 4.78 is 25.8. The molecule has 0 aromatic heterocycles. The Kier molecular flexibility index (Phi) is 3.83. The van der Waals surface area contributed by atoms with Gasteiger partial charge in [0.25, 0.3) is 0 Å². The Bertz CT molecular complexity index is 452. The van der Waals surface area contributed by atoms with Crippen LogP contribution < -0.4 is 5.32 Å². The van der Waals surface area contributed by atoms with Crippen LogP contribution in [0, 0.1) is 11.6 Å².